The molecule has 1 aromatic heterocycles. The van der Waals surface area contributed by atoms with E-state index in [-0.39, 0.29) is 0 Å². The van der Waals surface area contributed by atoms with E-state index in [0.717, 1.165) is 18.2 Å². The van der Waals surface area contributed by atoms with Crippen molar-refractivity contribution in [1.29, 1.82) is 0 Å². The van der Waals surface area contributed by atoms with Crippen LogP contribution in [0.2, 0.25) is 0 Å². The summed E-state index contributed by atoms with van der Waals surface area (Å²) in [5.41, 5.74) is 0. The predicted octanol–water partition coefficient (Wildman–Crippen LogP) is 2.17. The van der Waals surface area contributed by atoms with Crippen LogP contribution in [0.25, 0.3) is 0 Å². The van der Waals surface area contributed by atoms with Crippen molar-refractivity contribution < 1.29 is 0 Å². The Morgan fingerprint density at radius 2 is 2.14 bits per heavy atom. The highest BCUT2D eigenvalue weighted by molar-refractivity contribution is 5.30. The highest BCUT2D eigenvalue weighted by Gasteiger charge is 2.24. The van der Waals surface area contributed by atoms with Gasteiger partial charge in [-0.05, 0) is 20.3 Å². The molecule has 0 radical (unpaired) electrons. The van der Waals surface area contributed by atoms with Gasteiger partial charge >= 0.3 is 0 Å². The topological polar surface area (TPSA) is 42.7 Å². The van der Waals surface area contributed by atoms with Crippen LogP contribution in [0.15, 0.2) is 0 Å². The van der Waals surface area contributed by atoms with Crippen LogP contribution in [0.1, 0.15) is 51.9 Å². The molecule has 2 heterocycles. The second kappa shape index (κ2) is 3.26. The standard InChI is InChI=1S/C10H18N4/c1-6(2)9-12-10-11-7(3)5-8(4)14(10)13-9/h6-8H,5H2,1-4H3,(H,11,12,13). The van der Waals surface area contributed by atoms with E-state index in [1.807, 2.05) is 4.68 Å². The zero-order valence-corrected chi connectivity index (χ0v) is 9.28. The molecule has 2 atom stereocenters. The molecule has 0 amide bonds. The van der Waals surface area contributed by atoms with Crippen LogP contribution < -0.4 is 5.32 Å². The molecule has 0 aliphatic carbocycles. The van der Waals surface area contributed by atoms with Gasteiger partial charge in [-0.3, -0.25) is 0 Å². The summed E-state index contributed by atoms with van der Waals surface area (Å²) in [5.74, 6) is 2.27. The Balaban J connectivity index is 2.35. The number of rotatable bonds is 1. The molecule has 0 bridgehead atoms. The monoisotopic (exact) mass is 194 g/mol. The zero-order chi connectivity index (χ0) is 10.3. The third kappa shape index (κ3) is 1.49. The largest absolute Gasteiger partial charge is 0.352 e. The molecule has 1 aliphatic heterocycles. The number of aromatic nitrogens is 3. The lowest BCUT2D eigenvalue weighted by Gasteiger charge is -2.26. The summed E-state index contributed by atoms with van der Waals surface area (Å²) in [6.07, 6.45) is 1.12. The van der Waals surface area contributed by atoms with Crippen molar-refractivity contribution in [2.75, 3.05) is 5.32 Å². The Bertz CT molecular complexity index is 329. The van der Waals surface area contributed by atoms with Crippen molar-refractivity contribution in [1.82, 2.24) is 14.8 Å². The van der Waals surface area contributed by atoms with E-state index >= 15 is 0 Å². The van der Waals surface area contributed by atoms with Crippen molar-refractivity contribution >= 4 is 5.95 Å². The molecule has 1 N–H and O–H groups in total. The maximum atomic E-state index is 4.51. The Hall–Kier alpha value is -1.06. The first kappa shape index (κ1) is 9.49. The van der Waals surface area contributed by atoms with Gasteiger partial charge in [0.1, 0.15) is 0 Å². The fourth-order valence-electron chi connectivity index (χ4n) is 1.88. The number of hydrogen-bond acceptors (Lipinski definition) is 3. The van der Waals surface area contributed by atoms with Crippen LogP contribution in [0.5, 0.6) is 0 Å². The quantitative estimate of drug-likeness (QED) is 0.745. The fraction of sp³-hybridized carbons (Fsp3) is 0.800. The van der Waals surface area contributed by atoms with Crippen molar-refractivity contribution in [2.45, 2.75) is 52.1 Å². The Kier molecular flexibility index (Phi) is 2.21. The first-order chi connectivity index (χ1) is 6.58. The predicted molar refractivity (Wildman–Crippen MR) is 56.5 cm³/mol. The van der Waals surface area contributed by atoms with Crippen LogP contribution in [-0.4, -0.2) is 20.8 Å². The minimum Gasteiger partial charge on any atom is -0.352 e. The maximum absolute atomic E-state index is 4.51. The van der Waals surface area contributed by atoms with E-state index in [2.05, 4.69) is 43.1 Å². The van der Waals surface area contributed by atoms with E-state index in [9.17, 15) is 0 Å². The van der Waals surface area contributed by atoms with E-state index in [1.54, 1.807) is 0 Å². The molecule has 4 heteroatoms. The van der Waals surface area contributed by atoms with Gasteiger partial charge in [0.15, 0.2) is 5.82 Å². The van der Waals surface area contributed by atoms with Gasteiger partial charge < -0.3 is 5.32 Å². The van der Waals surface area contributed by atoms with E-state index < -0.39 is 0 Å². The molecule has 1 aromatic rings. The molecule has 0 aromatic carbocycles. The molecular weight excluding hydrogens is 176 g/mol. The molecule has 2 rings (SSSR count). The lowest BCUT2D eigenvalue weighted by Crippen LogP contribution is -2.29. The summed E-state index contributed by atoms with van der Waals surface area (Å²) in [6, 6.07) is 0.961. The van der Waals surface area contributed by atoms with Gasteiger partial charge in [0.05, 0.1) is 6.04 Å². The average Bonchev–Trinajstić information content (AvgIpc) is 2.47. The molecule has 0 saturated heterocycles. The molecule has 0 fully saturated rings. The average molecular weight is 194 g/mol. The van der Waals surface area contributed by atoms with Crippen LogP contribution in [-0.2, 0) is 0 Å². The SMILES string of the molecule is CC1CC(C)n2nc(C(C)C)nc2N1. The maximum Gasteiger partial charge on any atom is 0.221 e. The van der Waals surface area contributed by atoms with Gasteiger partial charge in [-0.1, -0.05) is 13.8 Å². The van der Waals surface area contributed by atoms with Gasteiger partial charge in [0.25, 0.3) is 0 Å². The van der Waals surface area contributed by atoms with Gasteiger partial charge in [-0.15, -0.1) is 0 Å². The normalized spacial score (nSPS) is 26.1. The second-order valence-electron chi connectivity index (χ2n) is 4.52. The lowest BCUT2D eigenvalue weighted by atomic mass is 10.1. The molecular formula is C10H18N4. The minimum absolute atomic E-state index is 0.400. The fourth-order valence-corrected chi connectivity index (χ4v) is 1.88. The van der Waals surface area contributed by atoms with Crippen molar-refractivity contribution in [3.8, 4) is 0 Å². The van der Waals surface area contributed by atoms with Gasteiger partial charge in [-0.2, -0.15) is 10.1 Å². The summed E-state index contributed by atoms with van der Waals surface area (Å²) in [4.78, 5) is 4.49. The van der Waals surface area contributed by atoms with E-state index in [1.165, 1.54) is 0 Å². The van der Waals surface area contributed by atoms with Crippen molar-refractivity contribution in [2.24, 2.45) is 0 Å². The van der Waals surface area contributed by atoms with Crippen molar-refractivity contribution in [3.63, 3.8) is 0 Å². The van der Waals surface area contributed by atoms with Crippen LogP contribution in [0.4, 0.5) is 5.95 Å². The van der Waals surface area contributed by atoms with Crippen LogP contribution in [0.3, 0.4) is 0 Å². The lowest BCUT2D eigenvalue weighted by molar-refractivity contribution is 0.409. The summed E-state index contributed by atoms with van der Waals surface area (Å²) in [6.45, 7) is 8.62. The second-order valence-corrected chi connectivity index (χ2v) is 4.52. The van der Waals surface area contributed by atoms with Crippen LogP contribution >= 0.6 is 0 Å². The summed E-state index contributed by atoms with van der Waals surface area (Å²) < 4.78 is 2.01. The van der Waals surface area contributed by atoms with E-state index in [0.29, 0.717) is 18.0 Å². The number of anilines is 1. The molecule has 1 aliphatic rings. The highest BCUT2D eigenvalue weighted by Crippen LogP contribution is 2.26. The zero-order valence-electron chi connectivity index (χ0n) is 9.28. The Labute approximate surface area is 84.7 Å². The molecule has 0 spiro atoms. The molecule has 78 valence electrons. The van der Waals surface area contributed by atoms with Gasteiger partial charge in [0.2, 0.25) is 5.95 Å². The molecule has 0 saturated carbocycles. The third-order valence-corrected chi connectivity index (χ3v) is 2.65. The number of fused-ring (bicyclic) bond motifs is 1. The number of hydrogen-bond donors (Lipinski definition) is 1. The Morgan fingerprint density at radius 3 is 2.79 bits per heavy atom. The van der Waals surface area contributed by atoms with Gasteiger partial charge in [-0.25, -0.2) is 4.68 Å². The first-order valence-corrected chi connectivity index (χ1v) is 5.31. The summed E-state index contributed by atoms with van der Waals surface area (Å²) >= 11 is 0. The number of nitrogens with zero attached hydrogens (tertiary/aromatic N) is 3. The number of nitrogens with one attached hydrogen (secondary N) is 1. The molecule has 2 unspecified atom stereocenters. The smallest absolute Gasteiger partial charge is 0.221 e. The van der Waals surface area contributed by atoms with Crippen LogP contribution in [0, 0.1) is 0 Å². The van der Waals surface area contributed by atoms with E-state index in [4.69, 9.17) is 0 Å². The van der Waals surface area contributed by atoms with Gasteiger partial charge in [0, 0.05) is 12.0 Å². The summed E-state index contributed by atoms with van der Waals surface area (Å²) in [5, 5.41) is 7.86. The molecule has 4 nitrogen and oxygen atoms in total. The van der Waals surface area contributed by atoms with Crippen molar-refractivity contribution in [3.05, 3.63) is 5.82 Å². The highest BCUT2D eigenvalue weighted by atomic mass is 15.4. The minimum atomic E-state index is 0.400. The summed E-state index contributed by atoms with van der Waals surface area (Å²) in [7, 11) is 0. The Morgan fingerprint density at radius 1 is 1.43 bits per heavy atom. The third-order valence-electron chi connectivity index (χ3n) is 2.65. The first-order valence-electron chi connectivity index (χ1n) is 5.31. The molecule has 14 heavy (non-hydrogen) atoms.